The fraction of sp³-hybridized carbons (Fsp3) is 0.0571. The van der Waals surface area contributed by atoms with Crippen molar-refractivity contribution in [1.29, 1.82) is 0 Å². The second kappa shape index (κ2) is 16.3. The van der Waals surface area contributed by atoms with E-state index < -0.39 is 5.41 Å². The van der Waals surface area contributed by atoms with Crippen LogP contribution < -0.4 is 4.90 Å². The molecule has 0 amide bonds. The quantitative estimate of drug-likeness (QED) is 0.147. The monoisotopic (exact) mass is 918 g/mol. The molecule has 2 aliphatic carbocycles. The van der Waals surface area contributed by atoms with Crippen molar-refractivity contribution in [3.63, 3.8) is 0 Å². The SMILES string of the molecule is CC1(C)c2ccccc2-c2c(-c3ccccc3N(c3ccc4c(c3)C(c3ccccc3)(c3ccccc3)c3ccccc3-4)c3ccccc3-c3ccc4c5ccccc5n(-c5ccccc5)c4c3)cccc21. The van der Waals surface area contributed by atoms with Gasteiger partial charge in [0.2, 0.25) is 0 Å². The summed E-state index contributed by atoms with van der Waals surface area (Å²) in [5.41, 5.74) is 23.7. The number of hydrogen-bond donors (Lipinski definition) is 0. The Morgan fingerprint density at radius 2 is 0.861 bits per heavy atom. The van der Waals surface area contributed by atoms with Crippen LogP contribution in [0.25, 0.3) is 72.0 Å². The number of para-hydroxylation sites is 4. The van der Waals surface area contributed by atoms with Crippen LogP contribution in [-0.2, 0) is 10.8 Å². The average Bonchev–Trinajstić information content (AvgIpc) is 4.02. The molecule has 1 heterocycles. The lowest BCUT2D eigenvalue weighted by molar-refractivity contribution is 0.660. The topological polar surface area (TPSA) is 8.17 Å². The molecule has 1 aromatic heterocycles. The molecule has 0 bridgehead atoms. The Balaban J connectivity index is 1.06. The molecule has 0 unspecified atom stereocenters. The van der Waals surface area contributed by atoms with Gasteiger partial charge in [0.05, 0.1) is 27.8 Å². The maximum atomic E-state index is 2.55. The molecule has 72 heavy (non-hydrogen) atoms. The largest absolute Gasteiger partial charge is 0.309 e. The van der Waals surface area contributed by atoms with Gasteiger partial charge >= 0.3 is 0 Å². The zero-order valence-electron chi connectivity index (χ0n) is 40.3. The summed E-state index contributed by atoms with van der Waals surface area (Å²) < 4.78 is 2.42. The summed E-state index contributed by atoms with van der Waals surface area (Å²) in [6, 6.07) is 99.3. The van der Waals surface area contributed by atoms with Gasteiger partial charge in [-0.3, -0.25) is 0 Å². The van der Waals surface area contributed by atoms with Gasteiger partial charge in [-0.15, -0.1) is 0 Å². The molecule has 14 rings (SSSR count). The lowest BCUT2D eigenvalue weighted by atomic mass is 9.67. The van der Waals surface area contributed by atoms with Gasteiger partial charge < -0.3 is 9.47 Å². The third-order valence-electron chi connectivity index (χ3n) is 15.9. The van der Waals surface area contributed by atoms with Crippen molar-refractivity contribution < 1.29 is 0 Å². The van der Waals surface area contributed by atoms with Crippen LogP contribution in [0, 0.1) is 0 Å². The first-order chi connectivity index (χ1) is 35.5. The fourth-order valence-electron chi connectivity index (χ4n) is 12.8. The standard InChI is InChI=1S/C70H50N2/c1-69(2)60-35-17-13-33-59(60)68-58(34-22-37-62(68)69)56-32-16-21-40-66(56)72(51-42-44-54-53-30-12-18-36-61(53)70(63(54)46-51,48-23-6-3-7-24-48)49-25-8-4-9-26-49)64-38-19-14-29-52(64)47-41-43-57-55-31-15-20-39-65(55)71(67(57)45-47)50-27-10-5-11-28-50/h3-46H,1-2H3. The van der Waals surface area contributed by atoms with Crippen LogP contribution in [0.4, 0.5) is 17.1 Å². The van der Waals surface area contributed by atoms with Crippen LogP contribution in [-0.4, -0.2) is 4.57 Å². The summed E-state index contributed by atoms with van der Waals surface area (Å²) in [6.45, 7) is 4.75. The number of nitrogens with zero attached hydrogens (tertiary/aromatic N) is 2. The second-order valence-corrected chi connectivity index (χ2v) is 19.9. The third-order valence-corrected chi connectivity index (χ3v) is 15.9. The third kappa shape index (κ3) is 6.09. The predicted molar refractivity (Wildman–Crippen MR) is 301 cm³/mol. The Kier molecular flexibility index (Phi) is 9.50. The maximum Gasteiger partial charge on any atom is 0.0714 e. The highest BCUT2D eigenvalue weighted by atomic mass is 15.1. The minimum atomic E-state index is -0.569. The van der Waals surface area contributed by atoms with Crippen LogP contribution in [0.5, 0.6) is 0 Å². The van der Waals surface area contributed by atoms with Crippen molar-refractivity contribution in [2.24, 2.45) is 0 Å². The van der Waals surface area contributed by atoms with E-state index >= 15 is 0 Å². The Morgan fingerprint density at radius 3 is 1.60 bits per heavy atom. The normalized spacial score (nSPS) is 13.6. The molecule has 0 radical (unpaired) electrons. The smallest absolute Gasteiger partial charge is 0.0714 e. The van der Waals surface area contributed by atoms with E-state index in [-0.39, 0.29) is 5.41 Å². The van der Waals surface area contributed by atoms with Crippen molar-refractivity contribution >= 4 is 38.9 Å². The van der Waals surface area contributed by atoms with Gasteiger partial charge in [0.25, 0.3) is 0 Å². The first kappa shape index (κ1) is 41.9. The first-order valence-corrected chi connectivity index (χ1v) is 25.2. The van der Waals surface area contributed by atoms with Crippen molar-refractivity contribution in [3.8, 4) is 50.2 Å². The molecule has 0 N–H and O–H groups in total. The van der Waals surface area contributed by atoms with Crippen LogP contribution in [0.15, 0.2) is 267 Å². The number of rotatable bonds is 8. The Bertz CT molecular complexity index is 4030. The minimum absolute atomic E-state index is 0.142. The van der Waals surface area contributed by atoms with E-state index in [4.69, 9.17) is 0 Å². The summed E-state index contributed by atoms with van der Waals surface area (Å²) >= 11 is 0. The molecular weight excluding hydrogens is 869 g/mol. The first-order valence-electron chi connectivity index (χ1n) is 25.2. The van der Waals surface area contributed by atoms with Crippen molar-refractivity contribution in [1.82, 2.24) is 4.57 Å². The summed E-state index contributed by atoms with van der Waals surface area (Å²) in [4.78, 5) is 2.55. The highest BCUT2D eigenvalue weighted by Gasteiger charge is 2.46. The van der Waals surface area contributed by atoms with Gasteiger partial charge in [-0.2, -0.15) is 0 Å². The molecule has 0 atom stereocenters. The molecule has 2 heteroatoms. The summed E-state index contributed by atoms with van der Waals surface area (Å²) in [5.74, 6) is 0. The van der Waals surface area contributed by atoms with E-state index in [1.165, 1.54) is 88.6 Å². The molecular formula is C70H50N2. The zero-order valence-corrected chi connectivity index (χ0v) is 40.3. The number of anilines is 3. The van der Waals surface area contributed by atoms with E-state index in [0.717, 1.165) is 33.9 Å². The highest BCUT2D eigenvalue weighted by molar-refractivity contribution is 6.11. The van der Waals surface area contributed by atoms with E-state index in [0.29, 0.717) is 0 Å². The average molecular weight is 919 g/mol. The van der Waals surface area contributed by atoms with E-state index in [1.807, 2.05) is 0 Å². The molecule has 2 aliphatic rings. The molecule has 0 saturated heterocycles. The van der Waals surface area contributed by atoms with Gasteiger partial charge in [0.1, 0.15) is 0 Å². The van der Waals surface area contributed by atoms with Crippen molar-refractivity contribution in [2.45, 2.75) is 24.7 Å². The number of aromatic nitrogens is 1. The van der Waals surface area contributed by atoms with Crippen LogP contribution in [0.3, 0.4) is 0 Å². The molecule has 2 nitrogen and oxygen atoms in total. The Hall–Kier alpha value is -8.98. The van der Waals surface area contributed by atoms with E-state index in [1.54, 1.807) is 0 Å². The fourth-order valence-corrected chi connectivity index (χ4v) is 12.8. The molecule has 0 saturated carbocycles. The summed E-state index contributed by atoms with van der Waals surface area (Å²) in [5, 5.41) is 2.47. The molecule has 340 valence electrons. The van der Waals surface area contributed by atoms with Crippen LogP contribution in [0.1, 0.15) is 47.2 Å². The molecule has 0 fully saturated rings. The lowest BCUT2D eigenvalue weighted by Gasteiger charge is -2.35. The Morgan fingerprint density at radius 1 is 0.333 bits per heavy atom. The summed E-state index contributed by atoms with van der Waals surface area (Å²) in [6.07, 6.45) is 0. The summed E-state index contributed by atoms with van der Waals surface area (Å²) in [7, 11) is 0. The minimum Gasteiger partial charge on any atom is -0.309 e. The van der Waals surface area contributed by atoms with Crippen molar-refractivity contribution in [3.05, 3.63) is 300 Å². The predicted octanol–water partition coefficient (Wildman–Crippen LogP) is 18.3. The second-order valence-electron chi connectivity index (χ2n) is 19.9. The van der Waals surface area contributed by atoms with Gasteiger partial charge in [0.15, 0.2) is 0 Å². The molecule has 0 spiro atoms. The molecule has 11 aromatic carbocycles. The Labute approximate surface area is 421 Å². The van der Waals surface area contributed by atoms with Crippen LogP contribution in [0.2, 0.25) is 0 Å². The van der Waals surface area contributed by atoms with Gasteiger partial charge in [0, 0.05) is 38.7 Å². The molecule has 0 aliphatic heterocycles. The number of benzene rings is 11. The van der Waals surface area contributed by atoms with Gasteiger partial charge in [-0.25, -0.2) is 0 Å². The van der Waals surface area contributed by atoms with Crippen LogP contribution >= 0.6 is 0 Å². The number of fused-ring (bicyclic) bond motifs is 9. The molecule has 12 aromatic rings. The maximum absolute atomic E-state index is 2.55. The zero-order chi connectivity index (χ0) is 48.0. The lowest BCUT2D eigenvalue weighted by Crippen LogP contribution is -2.28. The van der Waals surface area contributed by atoms with Gasteiger partial charge in [-0.1, -0.05) is 232 Å². The van der Waals surface area contributed by atoms with Gasteiger partial charge in [-0.05, 0) is 115 Å². The number of hydrogen-bond acceptors (Lipinski definition) is 1. The van der Waals surface area contributed by atoms with E-state index in [9.17, 15) is 0 Å². The van der Waals surface area contributed by atoms with Crippen molar-refractivity contribution in [2.75, 3.05) is 4.90 Å². The van der Waals surface area contributed by atoms with E-state index in [2.05, 4.69) is 290 Å². The highest BCUT2D eigenvalue weighted by Crippen LogP contribution is 2.59.